The number of hydrogen-bond donors (Lipinski definition) is 1. The second-order valence-electron chi connectivity index (χ2n) is 3.30. The molecule has 0 aliphatic rings. The van der Waals surface area contributed by atoms with Gasteiger partial charge >= 0.3 is 0 Å². The number of rotatable bonds is 3. The van der Waals surface area contributed by atoms with E-state index in [1.807, 2.05) is 6.92 Å². The number of imidazole rings is 1. The summed E-state index contributed by atoms with van der Waals surface area (Å²) in [6.45, 7) is 2.15. The number of carbonyl (C=O) groups is 1. The number of aryl methyl sites for hydroxylation is 1. The summed E-state index contributed by atoms with van der Waals surface area (Å²) in [5.41, 5.74) is 2.07. The van der Waals surface area contributed by atoms with Crippen molar-refractivity contribution in [1.82, 2.24) is 19.7 Å². The van der Waals surface area contributed by atoms with Crippen LogP contribution < -0.4 is 5.32 Å². The summed E-state index contributed by atoms with van der Waals surface area (Å²) in [6, 6.07) is 0. The van der Waals surface area contributed by atoms with Crippen molar-refractivity contribution < 1.29 is 4.79 Å². The molecule has 2 heterocycles. The number of nitrogens with one attached hydrogen (secondary N) is 1. The quantitative estimate of drug-likeness (QED) is 0.737. The Kier molecular flexibility index (Phi) is 2.47. The Hall–Kier alpha value is -1.75. The lowest BCUT2D eigenvalue weighted by molar-refractivity contribution is 0.0987. The molecule has 5 heteroatoms. The van der Waals surface area contributed by atoms with Gasteiger partial charge in [0.15, 0.2) is 11.4 Å². The van der Waals surface area contributed by atoms with E-state index in [-0.39, 0.29) is 5.78 Å². The van der Waals surface area contributed by atoms with Crippen molar-refractivity contribution in [3.63, 3.8) is 0 Å². The van der Waals surface area contributed by atoms with E-state index < -0.39 is 0 Å². The van der Waals surface area contributed by atoms with Crippen LogP contribution in [-0.4, -0.2) is 33.7 Å². The maximum absolute atomic E-state index is 11.8. The molecule has 1 N–H and O–H groups in total. The van der Waals surface area contributed by atoms with E-state index >= 15 is 0 Å². The van der Waals surface area contributed by atoms with Crippen LogP contribution >= 0.6 is 0 Å². The van der Waals surface area contributed by atoms with E-state index in [0.29, 0.717) is 17.9 Å². The summed E-state index contributed by atoms with van der Waals surface area (Å²) in [7, 11) is 1.75. The first-order chi connectivity index (χ1) is 7.24. The van der Waals surface area contributed by atoms with Gasteiger partial charge in [0.25, 0.3) is 0 Å². The average Bonchev–Trinajstić information content (AvgIpc) is 2.54. The first-order valence-corrected chi connectivity index (χ1v) is 4.70. The number of hydrogen-bond acceptors (Lipinski definition) is 4. The molecular formula is C10H12N4O. The van der Waals surface area contributed by atoms with Crippen molar-refractivity contribution in [2.45, 2.75) is 6.92 Å². The van der Waals surface area contributed by atoms with Crippen molar-refractivity contribution in [1.29, 1.82) is 0 Å². The molecule has 0 aliphatic heterocycles. The molecule has 15 heavy (non-hydrogen) atoms. The molecule has 0 spiro atoms. The summed E-state index contributed by atoms with van der Waals surface area (Å²) in [6.07, 6.45) is 5.03. The van der Waals surface area contributed by atoms with Crippen LogP contribution in [0.4, 0.5) is 0 Å². The third kappa shape index (κ3) is 1.61. The van der Waals surface area contributed by atoms with Crippen molar-refractivity contribution in [2.75, 3.05) is 13.6 Å². The van der Waals surface area contributed by atoms with Crippen LogP contribution in [0.2, 0.25) is 0 Å². The monoisotopic (exact) mass is 204 g/mol. The molecule has 0 unspecified atom stereocenters. The van der Waals surface area contributed by atoms with Crippen molar-refractivity contribution in [2.24, 2.45) is 0 Å². The molecule has 0 saturated carbocycles. The van der Waals surface area contributed by atoms with E-state index in [1.165, 1.54) is 0 Å². The van der Waals surface area contributed by atoms with Gasteiger partial charge in [-0.2, -0.15) is 0 Å². The summed E-state index contributed by atoms with van der Waals surface area (Å²) in [4.78, 5) is 20.0. The zero-order chi connectivity index (χ0) is 10.8. The van der Waals surface area contributed by atoms with Gasteiger partial charge in [0.1, 0.15) is 5.69 Å². The predicted octanol–water partition coefficient (Wildman–Crippen LogP) is 0.440. The first-order valence-electron chi connectivity index (χ1n) is 4.70. The average molecular weight is 204 g/mol. The highest BCUT2D eigenvalue weighted by Gasteiger charge is 2.15. The van der Waals surface area contributed by atoms with Crippen molar-refractivity contribution in [3.05, 3.63) is 30.0 Å². The molecule has 0 saturated heterocycles. The molecule has 2 rings (SSSR count). The zero-order valence-corrected chi connectivity index (χ0v) is 8.69. The largest absolute Gasteiger partial charge is 0.313 e. The van der Waals surface area contributed by atoms with Crippen LogP contribution in [0.15, 0.2) is 18.6 Å². The lowest BCUT2D eigenvalue weighted by Gasteiger charge is -2.00. The highest BCUT2D eigenvalue weighted by Crippen LogP contribution is 2.10. The highest BCUT2D eigenvalue weighted by molar-refractivity contribution is 5.97. The maximum Gasteiger partial charge on any atom is 0.195 e. The van der Waals surface area contributed by atoms with E-state index in [0.717, 1.165) is 5.69 Å². The molecule has 5 nitrogen and oxygen atoms in total. The molecule has 78 valence electrons. The van der Waals surface area contributed by atoms with Gasteiger partial charge in [-0.1, -0.05) is 0 Å². The van der Waals surface area contributed by atoms with Crippen LogP contribution in [0.3, 0.4) is 0 Å². The molecule has 0 fully saturated rings. The third-order valence-corrected chi connectivity index (χ3v) is 2.21. The van der Waals surface area contributed by atoms with Crippen LogP contribution in [0.25, 0.3) is 5.65 Å². The number of Topliss-reactive ketones (excluding diaryl/α,β-unsaturated/α-hetero) is 1. The Morgan fingerprint density at radius 1 is 1.60 bits per heavy atom. The topological polar surface area (TPSA) is 59.3 Å². The van der Waals surface area contributed by atoms with Crippen LogP contribution in [0, 0.1) is 6.92 Å². The molecule has 2 aromatic rings. The Morgan fingerprint density at radius 2 is 2.40 bits per heavy atom. The highest BCUT2D eigenvalue weighted by atomic mass is 16.1. The fourth-order valence-corrected chi connectivity index (χ4v) is 1.60. The van der Waals surface area contributed by atoms with Crippen LogP contribution in [0.1, 0.15) is 16.2 Å². The van der Waals surface area contributed by atoms with Gasteiger partial charge in [0.05, 0.1) is 18.4 Å². The number of carbonyl (C=O) groups excluding carboxylic acids is 1. The Bertz CT molecular complexity index is 503. The second-order valence-corrected chi connectivity index (χ2v) is 3.30. The maximum atomic E-state index is 11.8. The van der Waals surface area contributed by atoms with Crippen molar-refractivity contribution in [3.8, 4) is 0 Å². The first kappa shape index (κ1) is 9.79. The molecule has 0 atom stereocenters. The van der Waals surface area contributed by atoms with Gasteiger partial charge in [-0.05, 0) is 14.0 Å². The number of nitrogens with zero attached hydrogens (tertiary/aromatic N) is 3. The summed E-state index contributed by atoms with van der Waals surface area (Å²) >= 11 is 0. The lowest BCUT2D eigenvalue weighted by Crippen LogP contribution is -2.20. The normalized spacial score (nSPS) is 10.8. The van der Waals surface area contributed by atoms with Gasteiger partial charge in [-0.25, -0.2) is 4.98 Å². The van der Waals surface area contributed by atoms with E-state index in [9.17, 15) is 4.79 Å². The fourth-order valence-electron chi connectivity index (χ4n) is 1.60. The summed E-state index contributed by atoms with van der Waals surface area (Å²) < 4.78 is 1.77. The summed E-state index contributed by atoms with van der Waals surface area (Å²) in [5.74, 6) is 0.0358. The Labute approximate surface area is 87.2 Å². The molecule has 2 aromatic heterocycles. The fraction of sp³-hybridized carbons (Fsp3) is 0.300. The van der Waals surface area contributed by atoms with Gasteiger partial charge in [0.2, 0.25) is 0 Å². The third-order valence-electron chi connectivity index (χ3n) is 2.21. The minimum absolute atomic E-state index is 0.0358. The lowest BCUT2D eigenvalue weighted by atomic mass is 10.2. The molecule has 0 bridgehead atoms. The number of ketones is 1. The van der Waals surface area contributed by atoms with E-state index in [4.69, 9.17) is 0 Å². The SMILES string of the molecule is CNCC(=O)c1c(C)nc2cnccn12. The van der Waals surface area contributed by atoms with Gasteiger partial charge in [0, 0.05) is 12.4 Å². The van der Waals surface area contributed by atoms with Gasteiger partial charge < -0.3 is 5.32 Å². The van der Waals surface area contributed by atoms with Crippen LogP contribution in [-0.2, 0) is 0 Å². The van der Waals surface area contributed by atoms with Gasteiger partial charge in [-0.15, -0.1) is 0 Å². The van der Waals surface area contributed by atoms with E-state index in [2.05, 4.69) is 15.3 Å². The minimum atomic E-state index is 0.0358. The predicted molar refractivity (Wildman–Crippen MR) is 56.0 cm³/mol. The number of aromatic nitrogens is 3. The van der Waals surface area contributed by atoms with Gasteiger partial charge in [-0.3, -0.25) is 14.2 Å². The number of fused-ring (bicyclic) bond motifs is 1. The van der Waals surface area contributed by atoms with Crippen LogP contribution in [0.5, 0.6) is 0 Å². The molecule has 0 aliphatic carbocycles. The smallest absolute Gasteiger partial charge is 0.195 e. The minimum Gasteiger partial charge on any atom is -0.313 e. The second kappa shape index (κ2) is 3.78. The molecule has 0 aromatic carbocycles. The Balaban J connectivity index is 2.58. The van der Waals surface area contributed by atoms with E-state index in [1.54, 1.807) is 30.0 Å². The van der Waals surface area contributed by atoms with Crippen molar-refractivity contribution >= 4 is 11.4 Å². The Morgan fingerprint density at radius 3 is 3.13 bits per heavy atom. The molecular weight excluding hydrogens is 192 g/mol. The number of likely N-dealkylation sites (N-methyl/N-ethyl adjacent to an activating group) is 1. The summed E-state index contributed by atoms with van der Waals surface area (Å²) in [5, 5.41) is 2.84. The standard InChI is InChI=1S/C10H12N4O/c1-7-10(8(15)5-11-2)14-4-3-12-6-9(14)13-7/h3-4,6,11H,5H2,1-2H3. The molecule has 0 amide bonds. The molecule has 0 radical (unpaired) electrons. The zero-order valence-electron chi connectivity index (χ0n) is 8.69.